The molecule has 3 amide bonds. The Bertz CT molecular complexity index is 1420. The van der Waals surface area contributed by atoms with E-state index in [2.05, 4.69) is 36.7 Å². The number of thioether (sulfide) groups is 1. The van der Waals surface area contributed by atoms with Gasteiger partial charge in [0.05, 0.1) is 25.9 Å². The average molecular weight is 1080 g/mol. The van der Waals surface area contributed by atoms with Crippen LogP contribution >= 0.6 is 11.8 Å². The van der Waals surface area contributed by atoms with Crippen LogP contribution in [0.1, 0.15) is 278 Å². The quantitative estimate of drug-likeness (QED) is 0.0265. The molecule has 0 fully saturated rings. The summed E-state index contributed by atoms with van der Waals surface area (Å²) >= 11 is 1.08. The predicted molar refractivity (Wildman–Crippen MR) is 307 cm³/mol. The molecule has 75 heavy (non-hydrogen) atoms. The van der Waals surface area contributed by atoms with Crippen LogP contribution in [0.5, 0.6) is 0 Å². The van der Waals surface area contributed by atoms with Crippen LogP contribution in [0.25, 0.3) is 0 Å². The highest BCUT2D eigenvalue weighted by molar-refractivity contribution is 7.99. The summed E-state index contributed by atoms with van der Waals surface area (Å²) in [6, 6.07) is -4.53. The number of rotatable bonds is 57. The molecule has 0 aliphatic rings. The lowest BCUT2D eigenvalue weighted by atomic mass is 9.76. The third kappa shape index (κ3) is 41.2. The SMILES string of the molecule is CCCCCCCCCCCCCCCC(=O)C(CCCCCCCCCC)C(CCCC(=O)N[C@@H](CSCC(O)CO)C(=O)N[C@@H](CO)C(=O)N[C@@H](CO)C(=O)O)C(=O)CCCCCCCCCCCCCCC. The first kappa shape index (κ1) is 72.4. The van der Waals surface area contributed by atoms with Crippen molar-refractivity contribution < 1.29 is 54.3 Å². The van der Waals surface area contributed by atoms with E-state index in [0.29, 0.717) is 32.1 Å². The molecule has 0 aliphatic heterocycles. The predicted octanol–water partition coefficient (Wildman–Crippen LogP) is 11.6. The minimum atomic E-state index is -1.67. The second-order valence-electron chi connectivity index (χ2n) is 21.6. The summed E-state index contributed by atoms with van der Waals surface area (Å²) in [7, 11) is 0. The van der Waals surface area contributed by atoms with Crippen molar-refractivity contribution in [3.8, 4) is 0 Å². The van der Waals surface area contributed by atoms with E-state index >= 15 is 0 Å². The largest absolute Gasteiger partial charge is 0.480 e. The number of nitrogens with one attached hydrogen (secondary N) is 3. The molecule has 0 saturated carbocycles. The molecule has 0 bridgehead atoms. The van der Waals surface area contributed by atoms with Gasteiger partial charge in [-0.15, -0.1) is 0 Å². The number of hydrogen-bond donors (Lipinski definition) is 8. The van der Waals surface area contributed by atoms with Crippen LogP contribution in [0.3, 0.4) is 0 Å². The fourth-order valence-corrected chi connectivity index (χ4v) is 10.9. The molecule has 0 aromatic carbocycles. The lowest BCUT2D eigenvalue weighted by molar-refractivity contribution is -0.143. The summed E-state index contributed by atoms with van der Waals surface area (Å²) in [4.78, 5) is 80.2. The number of Topliss-reactive ketones (excluding diaryl/α,β-unsaturated/α-hetero) is 2. The van der Waals surface area contributed by atoms with Gasteiger partial charge >= 0.3 is 5.97 Å². The van der Waals surface area contributed by atoms with Gasteiger partial charge in [-0.3, -0.25) is 24.0 Å². The van der Waals surface area contributed by atoms with Crippen LogP contribution in [0.15, 0.2) is 0 Å². The van der Waals surface area contributed by atoms with Crippen molar-refractivity contribution in [2.75, 3.05) is 31.3 Å². The van der Waals surface area contributed by atoms with E-state index in [-0.39, 0.29) is 29.5 Å². The average Bonchev–Trinajstić information content (AvgIpc) is 3.40. The van der Waals surface area contributed by atoms with Crippen molar-refractivity contribution >= 4 is 47.0 Å². The van der Waals surface area contributed by atoms with E-state index in [1.54, 1.807) is 0 Å². The lowest BCUT2D eigenvalue weighted by Crippen LogP contribution is -2.58. The van der Waals surface area contributed by atoms with Crippen molar-refractivity contribution in [3.63, 3.8) is 0 Å². The summed E-state index contributed by atoms with van der Waals surface area (Å²) in [6.07, 6.45) is 41.5. The smallest absolute Gasteiger partial charge is 0.328 e. The molecule has 0 heterocycles. The number of hydrogen-bond acceptors (Lipinski definition) is 11. The molecule has 3 unspecified atom stereocenters. The highest BCUT2D eigenvalue weighted by Gasteiger charge is 2.33. The summed E-state index contributed by atoms with van der Waals surface area (Å²) in [5.41, 5.74) is 0. The summed E-state index contributed by atoms with van der Waals surface area (Å²) < 4.78 is 0. The van der Waals surface area contributed by atoms with Crippen LogP contribution in [0, 0.1) is 11.8 Å². The van der Waals surface area contributed by atoms with E-state index in [9.17, 15) is 54.3 Å². The molecule has 8 N–H and O–H groups in total. The van der Waals surface area contributed by atoms with E-state index in [1.165, 1.54) is 148 Å². The Kier molecular flexibility index (Phi) is 50.3. The third-order valence-corrected chi connectivity index (χ3v) is 15.9. The molecule has 0 aromatic heterocycles. The van der Waals surface area contributed by atoms with E-state index in [4.69, 9.17) is 0 Å². The van der Waals surface area contributed by atoms with Crippen LogP contribution < -0.4 is 16.0 Å². The van der Waals surface area contributed by atoms with Crippen LogP contribution in [0.4, 0.5) is 0 Å². The number of carbonyl (C=O) groups excluding carboxylic acids is 5. The molecule has 0 saturated heterocycles. The maximum Gasteiger partial charge on any atom is 0.328 e. The highest BCUT2D eigenvalue weighted by atomic mass is 32.2. The lowest BCUT2D eigenvalue weighted by Gasteiger charge is -2.26. The number of ketones is 2. The Morgan fingerprint density at radius 3 is 1.07 bits per heavy atom. The van der Waals surface area contributed by atoms with Gasteiger partial charge in [0, 0.05) is 42.6 Å². The minimum absolute atomic E-state index is 0.0352. The summed E-state index contributed by atoms with van der Waals surface area (Å²) in [5.74, 6) is -4.64. The minimum Gasteiger partial charge on any atom is -0.480 e. The number of carboxylic acid groups (broad SMARTS) is 1. The molecule has 6 atom stereocenters. The highest BCUT2D eigenvalue weighted by Crippen LogP contribution is 2.30. The Morgan fingerprint density at radius 2 is 0.707 bits per heavy atom. The van der Waals surface area contributed by atoms with Gasteiger partial charge in [-0.05, 0) is 32.1 Å². The number of carbonyl (C=O) groups is 6. The number of carboxylic acids is 1. The topological polar surface area (TPSA) is 240 Å². The first-order valence-corrected chi connectivity index (χ1v) is 31.8. The molecular weight excluding hydrogens is 971 g/mol. The zero-order chi connectivity index (χ0) is 55.6. The van der Waals surface area contributed by atoms with Crippen molar-refractivity contribution in [2.24, 2.45) is 11.8 Å². The number of aliphatic hydroxyl groups is 4. The number of aliphatic carboxylic acids is 1. The Balaban J connectivity index is 6.04. The summed E-state index contributed by atoms with van der Waals surface area (Å²) in [6.45, 7) is 4.37. The first-order chi connectivity index (χ1) is 36.4. The van der Waals surface area contributed by atoms with Gasteiger partial charge in [0.2, 0.25) is 17.7 Å². The number of amides is 3. The molecule has 15 heteroatoms. The normalized spacial score (nSPS) is 13.9. The van der Waals surface area contributed by atoms with Crippen molar-refractivity contribution in [1.82, 2.24) is 16.0 Å². The molecule has 14 nitrogen and oxygen atoms in total. The van der Waals surface area contributed by atoms with Crippen LogP contribution in [0.2, 0.25) is 0 Å². The molecule has 440 valence electrons. The second-order valence-corrected chi connectivity index (χ2v) is 22.7. The van der Waals surface area contributed by atoms with Crippen molar-refractivity contribution in [1.29, 1.82) is 0 Å². The Labute approximate surface area is 460 Å². The van der Waals surface area contributed by atoms with Gasteiger partial charge in [0.1, 0.15) is 29.7 Å². The van der Waals surface area contributed by atoms with Gasteiger partial charge in [0.25, 0.3) is 0 Å². The van der Waals surface area contributed by atoms with Crippen LogP contribution in [-0.4, -0.2) is 116 Å². The van der Waals surface area contributed by atoms with Gasteiger partial charge in [0.15, 0.2) is 0 Å². The zero-order valence-corrected chi connectivity index (χ0v) is 48.7. The number of unbranched alkanes of at least 4 members (excludes halogenated alkanes) is 31. The van der Waals surface area contributed by atoms with Gasteiger partial charge < -0.3 is 41.5 Å². The fraction of sp³-hybridized carbons (Fsp3) is 0.900. The number of aliphatic hydroxyl groups excluding tert-OH is 4. The van der Waals surface area contributed by atoms with E-state index in [0.717, 1.165) is 82.4 Å². The Hall–Kier alpha value is -2.59. The third-order valence-electron chi connectivity index (χ3n) is 14.7. The van der Waals surface area contributed by atoms with E-state index < -0.39 is 79.6 Å². The van der Waals surface area contributed by atoms with Crippen molar-refractivity contribution in [3.05, 3.63) is 0 Å². The Morgan fingerprint density at radius 1 is 0.373 bits per heavy atom. The summed E-state index contributed by atoms with van der Waals surface area (Å²) in [5, 5.41) is 55.0. The van der Waals surface area contributed by atoms with Crippen molar-refractivity contribution in [2.45, 2.75) is 302 Å². The molecule has 0 aromatic rings. The van der Waals surface area contributed by atoms with Gasteiger partial charge in [-0.1, -0.05) is 226 Å². The molecular formula is C60H113N3O11S. The molecule has 0 rings (SSSR count). The maximum absolute atomic E-state index is 14.4. The first-order valence-electron chi connectivity index (χ1n) is 30.7. The maximum atomic E-state index is 14.4. The molecule has 0 aliphatic carbocycles. The molecule has 0 radical (unpaired) electrons. The fourth-order valence-electron chi connectivity index (χ4n) is 9.91. The van der Waals surface area contributed by atoms with Gasteiger partial charge in [-0.2, -0.15) is 11.8 Å². The van der Waals surface area contributed by atoms with Gasteiger partial charge in [-0.25, -0.2) is 4.79 Å². The second kappa shape index (κ2) is 52.1. The van der Waals surface area contributed by atoms with Crippen LogP contribution in [-0.2, 0) is 28.8 Å². The zero-order valence-electron chi connectivity index (χ0n) is 47.9. The monoisotopic (exact) mass is 1080 g/mol. The molecule has 0 spiro atoms. The van der Waals surface area contributed by atoms with E-state index in [1.807, 2.05) is 0 Å². The standard InChI is InChI=1S/C60H113N3O11S/c1-4-7-10-13-16-19-21-23-25-27-30-33-36-41-55(68)50(39-35-32-29-18-15-12-9-6-3)51(56(69)42-37-34-31-28-26-24-22-20-17-14-11-8-5-2)40-38-43-57(70)61-54(48-75-47-49(67)44-64)59(72)62-52(45-65)58(71)63-53(46-66)60(73)74/h49-54,64-67H,4-48H2,1-3H3,(H,61,70)(H,62,72)(H,63,71)(H,73,74)/t49?,50?,51?,52-,53-,54-/m0/s1.